The number of carbonyl (C=O) groups is 1. The molecule has 3 fully saturated rings. The summed E-state index contributed by atoms with van der Waals surface area (Å²) in [5.41, 5.74) is 2.83. The fourth-order valence-corrected chi connectivity index (χ4v) is 7.98. The molecule has 8 nitrogen and oxygen atoms in total. The lowest BCUT2D eigenvalue weighted by Crippen LogP contribution is -2.44. The second-order valence-corrected chi connectivity index (χ2v) is 12.9. The second kappa shape index (κ2) is 11.2. The summed E-state index contributed by atoms with van der Waals surface area (Å²) in [5.74, 6) is 0.807. The third-order valence-electron chi connectivity index (χ3n) is 9.96. The van der Waals surface area contributed by atoms with Crippen LogP contribution in [0.4, 0.5) is 15.9 Å². The summed E-state index contributed by atoms with van der Waals surface area (Å²) in [6.07, 6.45) is 4.65. The Kier molecular flexibility index (Phi) is 7.42. The number of nitrogens with zero attached hydrogens (tertiary/aromatic N) is 6. The van der Waals surface area contributed by atoms with E-state index in [9.17, 15) is 9.18 Å². The molecule has 43 heavy (non-hydrogen) atoms. The summed E-state index contributed by atoms with van der Waals surface area (Å²) in [5, 5.41) is 2.87. The first-order valence-corrected chi connectivity index (χ1v) is 15.7. The Morgan fingerprint density at radius 1 is 1.21 bits per heavy atom. The summed E-state index contributed by atoms with van der Waals surface area (Å²) in [6, 6.07) is 12.7. The number of anilines is 2. The van der Waals surface area contributed by atoms with Gasteiger partial charge in [0.05, 0.1) is 22.8 Å². The first-order valence-electron chi connectivity index (χ1n) is 15.3. The number of rotatable bonds is 7. The zero-order valence-corrected chi connectivity index (χ0v) is 25.4. The number of likely N-dealkylation sites (N-methyl/N-ethyl adjacent to an activating group) is 1. The molecule has 2 aromatic carbocycles. The molecule has 0 aliphatic carbocycles. The number of ether oxygens (including phenoxy) is 1. The molecule has 1 amide bonds. The molecule has 0 bridgehead atoms. The van der Waals surface area contributed by atoms with Gasteiger partial charge in [-0.25, -0.2) is 4.39 Å². The van der Waals surface area contributed by atoms with Crippen LogP contribution in [0.25, 0.3) is 10.8 Å². The summed E-state index contributed by atoms with van der Waals surface area (Å²) in [7, 11) is 2.05. The molecule has 0 radical (unpaired) electrons. The molecule has 3 aromatic rings. The van der Waals surface area contributed by atoms with Gasteiger partial charge in [0.1, 0.15) is 18.6 Å². The predicted molar refractivity (Wildman–Crippen MR) is 168 cm³/mol. The van der Waals surface area contributed by atoms with E-state index in [4.69, 9.17) is 26.3 Å². The van der Waals surface area contributed by atoms with Crippen LogP contribution in [0, 0.1) is 0 Å². The van der Waals surface area contributed by atoms with Gasteiger partial charge >= 0.3 is 6.01 Å². The van der Waals surface area contributed by atoms with Crippen molar-refractivity contribution in [1.29, 1.82) is 0 Å². The second-order valence-electron chi connectivity index (χ2n) is 12.4. The molecule has 3 atom stereocenters. The Bertz CT molecular complexity index is 1560. The molecule has 0 N–H and O–H groups in total. The number of aromatic nitrogens is 2. The largest absolute Gasteiger partial charge is 0.461 e. The molecular weight excluding hydrogens is 567 g/mol. The Balaban J connectivity index is 1.22. The molecule has 5 heterocycles. The molecule has 0 unspecified atom stereocenters. The molecule has 3 saturated heterocycles. The van der Waals surface area contributed by atoms with Crippen LogP contribution in [0.15, 0.2) is 49.1 Å². The van der Waals surface area contributed by atoms with Gasteiger partial charge in [0.25, 0.3) is 0 Å². The quantitative estimate of drug-likeness (QED) is 0.351. The Morgan fingerprint density at radius 3 is 2.88 bits per heavy atom. The van der Waals surface area contributed by atoms with Crippen LogP contribution in [-0.4, -0.2) is 89.8 Å². The van der Waals surface area contributed by atoms with Gasteiger partial charge in [0.2, 0.25) is 5.91 Å². The third kappa shape index (κ3) is 5.10. The first kappa shape index (κ1) is 28.3. The molecule has 7 rings (SSSR count). The maximum Gasteiger partial charge on any atom is 0.318 e. The average molecular weight is 605 g/mol. The van der Waals surface area contributed by atoms with Crippen molar-refractivity contribution in [3.8, 4) is 6.01 Å². The lowest BCUT2D eigenvalue weighted by Gasteiger charge is -2.35. The van der Waals surface area contributed by atoms with Gasteiger partial charge in [0, 0.05) is 62.3 Å². The Labute approximate surface area is 257 Å². The summed E-state index contributed by atoms with van der Waals surface area (Å²) >= 11 is 6.70. The van der Waals surface area contributed by atoms with Gasteiger partial charge in [-0.05, 0) is 55.8 Å². The average Bonchev–Trinajstić information content (AvgIpc) is 3.73. The predicted octanol–water partition coefficient (Wildman–Crippen LogP) is 5.02. The topological polar surface area (TPSA) is 65.0 Å². The van der Waals surface area contributed by atoms with E-state index in [1.165, 1.54) is 6.08 Å². The molecule has 0 spiro atoms. The van der Waals surface area contributed by atoms with Gasteiger partial charge in [-0.2, -0.15) is 9.97 Å². The van der Waals surface area contributed by atoms with Crippen LogP contribution in [-0.2, 0) is 17.8 Å². The number of likely N-dealkylation sites (tertiary alicyclic amines) is 1. The van der Waals surface area contributed by atoms with E-state index in [0.717, 1.165) is 77.3 Å². The highest BCUT2D eigenvalue weighted by atomic mass is 35.5. The smallest absolute Gasteiger partial charge is 0.318 e. The van der Waals surface area contributed by atoms with Crippen LogP contribution in [0.5, 0.6) is 6.01 Å². The molecule has 10 heteroatoms. The minimum atomic E-state index is -0.820. The van der Waals surface area contributed by atoms with E-state index in [1.807, 2.05) is 17.0 Å². The van der Waals surface area contributed by atoms with Crippen molar-refractivity contribution in [2.24, 2.45) is 0 Å². The van der Waals surface area contributed by atoms with Gasteiger partial charge in [-0.1, -0.05) is 42.4 Å². The number of fused-ring (bicyclic) bond motifs is 3. The van der Waals surface area contributed by atoms with Crippen molar-refractivity contribution >= 4 is 39.8 Å². The Morgan fingerprint density at radius 2 is 2.05 bits per heavy atom. The minimum absolute atomic E-state index is 0.0443. The maximum atomic E-state index is 14.5. The van der Waals surface area contributed by atoms with E-state index >= 15 is 0 Å². The van der Waals surface area contributed by atoms with Gasteiger partial charge in [0.15, 0.2) is 0 Å². The SMILES string of the molecule is C=CC(=O)N1CC[C@@H](N(C)c2nc(OC[C@@]34CCCN3C[C@H](F)C4)nc3c2CCN(c2cccc4cccc(Cl)c24)C3)C1. The minimum Gasteiger partial charge on any atom is -0.461 e. The molecular formula is C33H38ClFN6O2. The van der Waals surface area contributed by atoms with Crippen molar-refractivity contribution in [3.63, 3.8) is 0 Å². The zero-order chi connectivity index (χ0) is 29.7. The highest BCUT2D eigenvalue weighted by Gasteiger charge is 2.49. The van der Waals surface area contributed by atoms with Crippen molar-refractivity contribution in [2.45, 2.75) is 56.4 Å². The molecule has 1 aromatic heterocycles. The molecule has 4 aliphatic rings. The standard InChI is InChI=1S/C33H38ClFN6O2/c1-3-29(42)40-15-11-24(19-40)38(2)31-25-12-16-39(28-10-5-8-22-7-4-9-26(34)30(22)28)20-27(25)36-32(37-31)43-21-33-13-6-14-41(33)18-23(35)17-33/h3-5,7-10,23-24H,1,6,11-21H2,2H3/t23-,24-,33+/m1/s1. The van der Waals surface area contributed by atoms with Crippen LogP contribution < -0.4 is 14.5 Å². The fourth-order valence-electron chi connectivity index (χ4n) is 7.70. The van der Waals surface area contributed by atoms with Gasteiger partial charge < -0.3 is 19.4 Å². The lowest BCUT2D eigenvalue weighted by molar-refractivity contribution is -0.125. The van der Waals surface area contributed by atoms with Crippen molar-refractivity contribution < 1.29 is 13.9 Å². The van der Waals surface area contributed by atoms with Crippen LogP contribution in [0.1, 0.15) is 36.9 Å². The first-order chi connectivity index (χ1) is 20.8. The van der Waals surface area contributed by atoms with E-state index in [-0.39, 0.29) is 17.5 Å². The number of carbonyl (C=O) groups excluding carboxylic acids is 1. The highest BCUT2D eigenvalue weighted by Crippen LogP contribution is 2.41. The number of hydrogen-bond donors (Lipinski definition) is 0. The van der Waals surface area contributed by atoms with E-state index < -0.39 is 6.17 Å². The monoisotopic (exact) mass is 604 g/mol. The normalized spacial score (nSPS) is 25.2. The highest BCUT2D eigenvalue weighted by molar-refractivity contribution is 6.36. The number of amides is 1. The van der Waals surface area contributed by atoms with Crippen molar-refractivity contribution in [3.05, 3.63) is 65.3 Å². The molecule has 4 aliphatic heterocycles. The number of halogens is 2. The summed E-state index contributed by atoms with van der Waals surface area (Å²) in [4.78, 5) is 30.9. The Hall–Kier alpha value is -3.43. The van der Waals surface area contributed by atoms with Crippen molar-refractivity contribution in [2.75, 3.05) is 56.2 Å². The van der Waals surface area contributed by atoms with Crippen LogP contribution >= 0.6 is 11.6 Å². The number of hydrogen-bond acceptors (Lipinski definition) is 7. The van der Waals surface area contributed by atoms with Crippen LogP contribution in [0.2, 0.25) is 5.02 Å². The van der Waals surface area contributed by atoms with Gasteiger partial charge in [-0.15, -0.1) is 0 Å². The zero-order valence-electron chi connectivity index (χ0n) is 24.6. The van der Waals surface area contributed by atoms with Gasteiger partial charge in [-0.3, -0.25) is 9.69 Å². The van der Waals surface area contributed by atoms with E-state index in [1.54, 1.807) is 0 Å². The fraction of sp³-hybridized carbons (Fsp3) is 0.485. The summed E-state index contributed by atoms with van der Waals surface area (Å²) < 4.78 is 20.9. The van der Waals surface area contributed by atoms with Crippen molar-refractivity contribution in [1.82, 2.24) is 19.8 Å². The molecule has 0 saturated carbocycles. The maximum absolute atomic E-state index is 14.5. The number of benzene rings is 2. The van der Waals surface area contributed by atoms with E-state index in [0.29, 0.717) is 45.2 Å². The van der Waals surface area contributed by atoms with E-state index in [2.05, 4.69) is 52.6 Å². The lowest BCUT2D eigenvalue weighted by atomic mass is 9.95. The van der Waals surface area contributed by atoms with Crippen LogP contribution in [0.3, 0.4) is 0 Å². The molecule has 226 valence electrons. The third-order valence-corrected chi connectivity index (χ3v) is 10.3. The number of alkyl halides is 1. The summed E-state index contributed by atoms with van der Waals surface area (Å²) in [6.45, 7) is 8.12.